The second-order valence-electron chi connectivity index (χ2n) is 6.75. The van der Waals surface area contributed by atoms with Crippen LogP contribution in [0.5, 0.6) is 0 Å². The van der Waals surface area contributed by atoms with Crippen molar-refractivity contribution in [2.24, 2.45) is 0 Å². The Balaban J connectivity index is 1.99. The molecule has 0 saturated heterocycles. The van der Waals surface area contributed by atoms with Crippen molar-refractivity contribution in [2.75, 3.05) is 12.4 Å². The fourth-order valence-electron chi connectivity index (χ4n) is 3.38. The van der Waals surface area contributed by atoms with Crippen molar-refractivity contribution >= 4 is 33.9 Å². The molecule has 2 aromatic heterocycles. The van der Waals surface area contributed by atoms with Crippen molar-refractivity contribution in [1.82, 2.24) is 9.97 Å². The zero-order valence-electron chi connectivity index (χ0n) is 16.8. The summed E-state index contributed by atoms with van der Waals surface area (Å²) >= 11 is 0. The number of aromatic nitrogens is 2. The van der Waals surface area contributed by atoms with Crippen LogP contribution in [0.3, 0.4) is 0 Å². The van der Waals surface area contributed by atoms with Crippen LogP contribution in [-0.4, -0.2) is 28.0 Å². The number of nitrogens with zero attached hydrogens (tertiary/aromatic N) is 3. The first-order valence-electron chi connectivity index (χ1n) is 9.33. The van der Waals surface area contributed by atoms with E-state index in [2.05, 4.69) is 20.0 Å². The van der Waals surface area contributed by atoms with Gasteiger partial charge in [0.1, 0.15) is 22.6 Å². The number of hydrogen-bond donors (Lipinski definition) is 1. The van der Waals surface area contributed by atoms with Gasteiger partial charge in [-0.1, -0.05) is 12.1 Å². The largest absolute Gasteiger partial charge is 0.465 e. The van der Waals surface area contributed by atoms with Crippen LogP contribution in [0.2, 0.25) is 0 Å². The minimum absolute atomic E-state index is 0.0109. The van der Waals surface area contributed by atoms with Crippen molar-refractivity contribution in [1.29, 1.82) is 0 Å². The number of halogens is 3. The lowest BCUT2D eigenvalue weighted by Gasteiger charge is -2.14. The number of para-hydroxylation sites is 1. The average Bonchev–Trinajstić information content (AvgIpc) is 2.80. The maximum atomic E-state index is 14.4. The molecule has 0 atom stereocenters. The van der Waals surface area contributed by atoms with Crippen LogP contribution in [0.25, 0.3) is 22.0 Å². The number of carbonyl (C=O) groups is 1. The van der Waals surface area contributed by atoms with Gasteiger partial charge in [0.25, 0.3) is 0 Å². The Labute approximate surface area is 183 Å². The van der Waals surface area contributed by atoms with Gasteiger partial charge < -0.3 is 10.1 Å². The highest BCUT2D eigenvalue weighted by atomic mass is 19.2. The maximum absolute atomic E-state index is 14.4. The standard InChI is InChI=1S/C22H13F3N4O4/c1-33-22(30)14-9-11(12-5-7-27-21(25)18(12)24)10-17(20(14)29(31)32)28-16-6-8-26-19-13(16)3-2-4-15(19)23/h2-10H,1H3,(H,26,28). The summed E-state index contributed by atoms with van der Waals surface area (Å²) in [6.45, 7) is 0. The van der Waals surface area contributed by atoms with Crippen molar-refractivity contribution in [2.45, 2.75) is 0 Å². The molecule has 0 saturated carbocycles. The Morgan fingerprint density at radius 3 is 2.55 bits per heavy atom. The number of benzene rings is 2. The molecule has 2 heterocycles. The molecule has 4 rings (SSSR count). The highest BCUT2D eigenvalue weighted by Crippen LogP contribution is 2.38. The van der Waals surface area contributed by atoms with E-state index < -0.39 is 39.7 Å². The van der Waals surface area contributed by atoms with E-state index in [-0.39, 0.29) is 28.0 Å². The van der Waals surface area contributed by atoms with Crippen LogP contribution in [0.1, 0.15) is 10.4 Å². The third kappa shape index (κ3) is 3.91. The zero-order valence-corrected chi connectivity index (χ0v) is 16.8. The molecule has 0 bridgehead atoms. The van der Waals surface area contributed by atoms with Gasteiger partial charge in [0.2, 0.25) is 5.95 Å². The van der Waals surface area contributed by atoms with Crippen LogP contribution in [0, 0.1) is 27.7 Å². The second-order valence-corrected chi connectivity index (χ2v) is 6.75. The number of nitro groups is 1. The Bertz CT molecular complexity index is 1430. The number of nitro benzene ring substituents is 1. The van der Waals surface area contributed by atoms with Crippen molar-refractivity contribution in [3.8, 4) is 11.1 Å². The van der Waals surface area contributed by atoms with Crippen LogP contribution >= 0.6 is 0 Å². The summed E-state index contributed by atoms with van der Waals surface area (Å²) < 4.78 is 46.9. The van der Waals surface area contributed by atoms with Crippen LogP contribution in [0.15, 0.2) is 54.9 Å². The first-order chi connectivity index (χ1) is 15.8. The SMILES string of the molecule is COC(=O)c1cc(-c2ccnc(F)c2F)cc(Nc2ccnc3c(F)cccc23)c1[N+](=O)[O-]. The number of rotatable bonds is 5. The molecule has 11 heteroatoms. The molecule has 0 aliphatic rings. The number of methoxy groups -OCH3 is 1. The van der Waals surface area contributed by atoms with E-state index in [0.717, 1.165) is 25.4 Å². The summed E-state index contributed by atoms with van der Waals surface area (Å²) in [5.41, 5.74) is -1.48. The van der Waals surface area contributed by atoms with E-state index in [9.17, 15) is 28.1 Å². The zero-order chi connectivity index (χ0) is 23.7. The summed E-state index contributed by atoms with van der Waals surface area (Å²) in [6, 6.07) is 8.99. The molecule has 0 spiro atoms. The topological polar surface area (TPSA) is 107 Å². The number of ether oxygens (including phenoxy) is 1. The number of pyridine rings is 2. The van der Waals surface area contributed by atoms with E-state index in [4.69, 9.17) is 0 Å². The number of anilines is 2. The number of nitrogens with one attached hydrogen (secondary N) is 1. The summed E-state index contributed by atoms with van der Waals surface area (Å²) in [5, 5.41) is 15.0. The molecule has 2 aromatic carbocycles. The predicted molar refractivity (Wildman–Crippen MR) is 113 cm³/mol. The van der Waals surface area contributed by atoms with E-state index in [1.54, 1.807) is 6.07 Å². The summed E-state index contributed by atoms with van der Waals surface area (Å²) in [5.74, 6) is -4.35. The van der Waals surface area contributed by atoms with E-state index in [1.165, 1.54) is 30.5 Å². The van der Waals surface area contributed by atoms with Crippen LogP contribution < -0.4 is 5.32 Å². The quantitative estimate of drug-likeness (QED) is 0.192. The van der Waals surface area contributed by atoms with Gasteiger partial charge in [-0.3, -0.25) is 15.1 Å². The third-order valence-electron chi connectivity index (χ3n) is 4.85. The van der Waals surface area contributed by atoms with Gasteiger partial charge in [-0.15, -0.1) is 0 Å². The van der Waals surface area contributed by atoms with Crippen molar-refractivity contribution < 1.29 is 27.6 Å². The monoisotopic (exact) mass is 454 g/mol. The smallest absolute Gasteiger partial charge is 0.345 e. The number of esters is 1. The Morgan fingerprint density at radius 2 is 1.82 bits per heavy atom. The van der Waals surface area contributed by atoms with Gasteiger partial charge >= 0.3 is 11.7 Å². The van der Waals surface area contributed by atoms with Gasteiger partial charge in [-0.2, -0.15) is 4.39 Å². The lowest BCUT2D eigenvalue weighted by atomic mass is 10.00. The van der Waals surface area contributed by atoms with Gasteiger partial charge in [0.05, 0.1) is 12.0 Å². The molecule has 1 N–H and O–H groups in total. The normalized spacial score (nSPS) is 10.8. The highest BCUT2D eigenvalue weighted by molar-refractivity contribution is 6.01. The molecule has 0 amide bonds. The molecule has 0 aliphatic carbocycles. The summed E-state index contributed by atoms with van der Waals surface area (Å²) in [6.07, 6.45) is 2.31. The first-order valence-corrected chi connectivity index (χ1v) is 9.33. The number of hydrogen-bond acceptors (Lipinski definition) is 7. The van der Waals surface area contributed by atoms with Crippen LogP contribution in [-0.2, 0) is 4.74 Å². The Kier molecular flexibility index (Phi) is 5.61. The second kappa shape index (κ2) is 8.54. The van der Waals surface area contributed by atoms with Gasteiger partial charge in [0.15, 0.2) is 5.82 Å². The maximum Gasteiger partial charge on any atom is 0.345 e. The van der Waals surface area contributed by atoms with Gasteiger partial charge in [-0.05, 0) is 35.9 Å². The fraction of sp³-hybridized carbons (Fsp3) is 0.0455. The van der Waals surface area contributed by atoms with Crippen molar-refractivity contribution in [3.63, 3.8) is 0 Å². The average molecular weight is 454 g/mol. The molecule has 8 nitrogen and oxygen atoms in total. The van der Waals surface area contributed by atoms with E-state index in [0.29, 0.717) is 5.39 Å². The Hall–Kier alpha value is -4.54. The predicted octanol–water partition coefficient (Wildman–Crippen LogP) is 5.15. The molecular formula is C22H13F3N4O4. The first kappa shape index (κ1) is 21.7. The van der Waals surface area contributed by atoms with Gasteiger partial charge in [-0.25, -0.2) is 18.6 Å². The van der Waals surface area contributed by atoms with Crippen LogP contribution in [0.4, 0.5) is 30.2 Å². The summed E-state index contributed by atoms with van der Waals surface area (Å²) in [7, 11) is 1.03. The Morgan fingerprint density at radius 1 is 1.06 bits per heavy atom. The molecule has 0 fully saturated rings. The molecule has 0 aliphatic heterocycles. The molecule has 0 unspecified atom stereocenters. The minimum Gasteiger partial charge on any atom is -0.465 e. The molecule has 4 aromatic rings. The van der Waals surface area contributed by atoms with E-state index >= 15 is 0 Å². The van der Waals surface area contributed by atoms with E-state index in [1.807, 2.05) is 0 Å². The lowest BCUT2D eigenvalue weighted by Crippen LogP contribution is -2.09. The highest BCUT2D eigenvalue weighted by Gasteiger charge is 2.28. The molecule has 0 radical (unpaired) electrons. The summed E-state index contributed by atoms with van der Waals surface area (Å²) in [4.78, 5) is 30.6. The lowest BCUT2D eigenvalue weighted by molar-refractivity contribution is -0.384. The van der Waals surface area contributed by atoms with Gasteiger partial charge in [0, 0.05) is 29.0 Å². The number of carbonyl (C=O) groups excluding carboxylic acids is 1. The molecular weight excluding hydrogens is 441 g/mol. The third-order valence-corrected chi connectivity index (χ3v) is 4.85. The number of fused-ring (bicyclic) bond motifs is 1. The molecule has 166 valence electrons. The minimum atomic E-state index is -1.38. The molecule has 33 heavy (non-hydrogen) atoms. The fourth-order valence-corrected chi connectivity index (χ4v) is 3.38. The van der Waals surface area contributed by atoms with Crippen molar-refractivity contribution in [3.05, 3.63) is 88.1 Å².